The summed E-state index contributed by atoms with van der Waals surface area (Å²) in [6, 6.07) is 6.04. The summed E-state index contributed by atoms with van der Waals surface area (Å²) in [7, 11) is -3.60. The number of rotatable bonds is 5. The number of nitrogens with two attached hydrogens (primary N) is 1. The molecule has 1 aromatic carbocycles. The number of nitrogens with one attached hydrogen (secondary N) is 1. The molecule has 1 aliphatic carbocycles. The van der Waals surface area contributed by atoms with Crippen LogP contribution < -0.4 is 10.5 Å². The molecule has 0 unspecified atom stereocenters. The van der Waals surface area contributed by atoms with Gasteiger partial charge in [0.15, 0.2) is 0 Å². The van der Waals surface area contributed by atoms with Gasteiger partial charge in [-0.2, -0.15) is 0 Å². The molecule has 0 aliphatic heterocycles. The molecule has 0 heterocycles. The van der Waals surface area contributed by atoms with E-state index in [2.05, 4.69) is 11.6 Å². The fourth-order valence-electron chi connectivity index (χ4n) is 2.76. The first kappa shape index (κ1) is 16.3. The summed E-state index contributed by atoms with van der Waals surface area (Å²) >= 11 is 0. The van der Waals surface area contributed by atoms with Crippen LogP contribution >= 0.6 is 0 Å². The maximum atomic E-state index is 12.2. The number of hydrogen-bond donors (Lipinski definition) is 3. The Morgan fingerprint density at radius 2 is 1.86 bits per heavy atom. The number of aliphatic hydroxyl groups is 1. The minimum atomic E-state index is -3.60. The predicted octanol–water partition coefficient (Wildman–Crippen LogP) is 1.88. The van der Waals surface area contributed by atoms with Crippen molar-refractivity contribution in [3.05, 3.63) is 24.3 Å². The normalized spacial score (nSPS) is 26.7. The van der Waals surface area contributed by atoms with Crippen LogP contribution in [0.2, 0.25) is 0 Å². The fraction of sp³-hybridized carbons (Fsp3) is 0.600. The summed E-state index contributed by atoms with van der Waals surface area (Å²) in [6.45, 7) is 2.22. The van der Waals surface area contributed by atoms with Crippen LogP contribution in [0.4, 0.5) is 5.69 Å². The van der Waals surface area contributed by atoms with Gasteiger partial charge in [0, 0.05) is 12.2 Å². The third kappa shape index (κ3) is 4.18. The largest absolute Gasteiger partial charge is 0.399 e. The fourth-order valence-corrected chi connectivity index (χ4v) is 3.88. The average molecular weight is 312 g/mol. The van der Waals surface area contributed by atoms with E-state index in [0.29, 0.717) is 24.4 Å². The standard InChI is InChI=1S/C15H24N2O3S/c1-2-12-7-9-15(18,10-8-12)11-17-21(19,20)14-5-3-13(16)4-6-14/h3-6,12,17-18H,2,7-11,16H2,1H3. The van der Waals surface area contributed by atoms with E-state index in [1.54, 1.807) is 12.1 Å². The molecule has 0 bridgehead atoms. The highest BCUT2D eigenvalue weighted by molar-refractivity contribution is 7.89. The van der Waals surface area contributed by atoms with Crippen molar-refractivity contribution < 1.29 is 13.5 Å². The first-order chi connectivity index (χ1) is 9.85. The maximum absolute atomic E-state index is 12.2. The highest BCUT2D eigenvalue weighted by Crippen LogP contribution is 2.33. The van der Waals surface area contributed by atoms with Gasteiger partial charge in [0.25, 0.3) is 0 Å². The average Bonchev–Trinajstić information content (AvgIpc) is 2.47. The van der Waals surface area contributed by atoms with Crippen LogP contribution in [0.3, 0.4) is 0 Å². The van der Waals surface area contributed by atoms with E-state index in [0.717, 1.165) is 19.3 Å². The minimum absolute atomic E-state index is 0.0656. The molecule has 1 aliphatic rings. The smallest absolute Gasteiger partial charge is 0.240 e. The Balaban J connectivity index is 1.97. The van der Waals surface area contributed by atoms with Gasteiger partial charge in [-0.3, -0.25) is 0 Å². The molecule has 1 aromatic rings. The highest BCUT2D eigenvalue weighted by Gasteiger charge is 2.33. The number of nitrogen functional groups attached to an aromatic ring is 1. The molecule has 21 heavy (non-hydrogen) atoms. The van der Waals surface area contributed by atoms with Gasteiger partial charge in [-0.15, -0.1) is 0 Å². The van der Waals surface area contributed by atoms with E-state index < -0.39 is 15.6 Å². The minimum Gasteiger partial charge on any atom is -0.399 e. The number of sulfonamides is 1. The summed E-state index contributed by atoms with van der Waals surface area (Å²) in [6.07, 6.45) is 4.33. The number of anilines is 1. The van der Waals surface area contributed by atoms with Crippen LogP contribution in [0.5, 0.6) is 0 Å². The second-order valence-electron chi connectivity index (χ2n) is 5.97. The number of benzene rings is 1. The van der Waals surface area contributed by atoms with Gasteiger partial charge in [0.05, 0.1) is 10.5 Å². The van der Waals surface area contributed by atoms with Crippen LogP contribution in [-0.2, 0) is 10.0 Å². The van der Waals surface area contributed by atoms with Gasteiger partial charge in [0.2, 0.25) is 10.0 Å². The Kier molecular flexibility index (Phi) is 4.91. The van der Waals surface area contributed by atoms with E-state index in [9.17, 15) is 13.5 Å². The third-order valence-corrected chi connectivity index (χ3v) is 5.81. The molecule has 0 aromatic heterocycles. The van der Waals surface area contributed by atoms with Gasteiger partial charge < -0.3 is 10.8 Å². The molecule has 118 valence electrons. The Bertz CT molecular complexity index is 561. The zero-order valence-corrected chi connectivity index (χ0v) is 13.2. The van der Waals surface area contributed by atoms with Crippen molar-refractivity contribution in [3.63, 3.8) is 0 Å². The lowest BCUT2D eigenvalue weighted by atomic mass is 9.78. The predicted molar refractivity (Wildman–Crippen MR) is 83.2 cm³/mol. The SMILES string of the molecule is CCC1CCC(O)(CNS(=O)(=O)c2ccc(N)cc2)CC1. The first-order valence-corrected chi connectivity index (χ1v) is 8.90. The van der Waals surface area contributed by atoms with Crippen molar-refractivity contribution in [2.75, 3.05) is 12.3 Å². The van der Waals surface area contributed by atoms with E-state index in [-0.39, 0.29) is 11.4 Å². The summed E-state index contributed by atoms with van der Waals surface area (Å²) in [5.41, 5.74) is 5.15. The summed E-state index contributed by atoms with van der Waals surface area (Å²) in [5, 5.41) is 10.5. The Morgan fingerprint density at radius 3 is 2.38 bits per heavy atom. The Hall–Kier alpha value is -1.11. The topological polar surface area (TPSA) is 92.4 Å². The summed E-state index contributed by atoms with van der Waals surface area (Å²) in [5.74, 6) is 0.652. The third-order valence-electron chi connectivity index (χ3n) is 4.39. The van der Waals surface area contributed by atoms with Crippen molar-refractivity contribution in [2.24, 2.45) is 5.92 Å². The molecule has 0 saturated heterocycles. The Morgan fingerprint density at radius 1 is 1.29 bits per heavy atom. The molecule has 0 amide bonds. The summed E-state index contributed by atoms with van der Waals surface area (Å²) in [4.78, 5) is 0.169. The van der Waals surface area contributed by atoms with Crippen molar-refractivity contribution in [1.29, 1.82) is 0 Å². The molecule has 4 N–H and O–H groups in total. The van der Waals surface area contributed by atoms with Gasteiger partial charge in [-0.05, 0) is 55.9 Å². The quantitative estimate of drug-likeness (QED) is 0.724. The molecule has 0 atom stereocenters. The highest BCUT2D eigenvalue weighted by atomic mass is 32.2. The summed E-state index contributed by atoms with van der Waals surface area (Å²) < 4.78 is 26.9. The van der Waals surface area contributed by atoms with E-state index >= 15 is 0 Å². The molecule has 0 radical (unpaired) electrons. The van der Waals surface area contributed by atoms with E-state index in [1.165, 1.54) is 12.1 Å². The van der Waals surface area contributed by atoms with Crippen LogP contribution in [0.15, 0.2) is 29.2 Å². The van der Waals surface area contributed by atoms with Crippen molar-refractivity contribution in [2.45, 2.75) is 49.5 Å². The van der Waals surface area contributed by atoms with Crippen molar-refractivity contribution in [1.82, 2.24) is 4.72 Å². The van der Waals surface area contributed by atoms with E-state index in [4.69, 9.17) is 5.73 Å². The zero-order chi connectivity index (χ0) is 15.5. The molecule has 1 saturated carbocycles. The maximum Gasteiger partial charge on any atom is 0.240 e. The molecule has 5 nitrogen and oxygen atoms in total. The van der Waals surface area contributed by atoms with Crippen LogP contribution in [-0.4, -0.2) is 25.7 Å². The molecule has 0 spiro atoms. The molecule has 2 rings (SSSR count). The van der Waals surface area contributed by atoms with E-state index in [1.807, 2.05) is 0 Å². The lowest BCUT2D eigenvalue weighted by molar-refractivity contribution is -0.00442. The monoisotopic (exact) mass is 312 g/mol. The second-order valence-corrected chi connectivity index (χ2v) is 7.74. The molecule has 1 fully saturated rings. The lowest BCUT2D eigenvalue weighted by Crippen LogP contribution is -2.45. The zero-order valence-electron chi connectivity index (χ0n) is 12.4. The lowest BCUT2D eigenvalue weighted by Gasteiger charge is -2.35. The van der Waals surface area contributed by atoms with Gasteiger partial charge in [-0.1, -0.05) is 13.3 Å². The molecular weight excluding hydrogens is 288 g/mol. The van der Waals surface area contributed by atoms with Crippen molar-refractivity contribution in [3.8, 4) is 0 Å². The second kappa shape index (κ2) is 6.34. The van der Waals surface area contributed by atoms with Crippen LogP contribution in [0.25, 0.3) is 0 Å². The van der Waals surface area contributed by atoms with Crippen molar-refractivity contribution >= 4 is 15.7 Å². The molecule has 6 heteroatoms. The van der Waals surface area contributed by atoms with Crippen LogP contribution in [0.1, 0.15) is 39.0 Å². The molecular formula is C15H24N2O3S. The first-order valence-electron chi connectivity index (χ1n) is 7.42. The van der Waals surface area contributed by atoms with Gasteiger partial charge in [-0.25, -0.2) is 13.1 Å². The van der Waals surface area contributed by atoms with Gasteiger partial charge >= 0.3 is 0 Å². The Labute approximate surface area is 126 Å². The van der Waals surface area contributed by atoms with Crippen LogP contribution in [0, 0.1) is 5.92 Å². The number of hydrogen-bond acceptors (Lipinski definition) is 4. The van der Waals surface area contributed by atoms with Gasteiger partial charge in [0.1, 0.15) is 0 Å².